The molecule has 0 saturated carbocycles. The third-order valence-corrected chi connectivity index (χ3v) is 4.93. The molecule has 20 heavy (non-hydrogen) atoms. The van der Waals surface area contributed by atoms with E-state index in [4.69, 9.17) is 0 Å². The molecule has 1 atom stereocenters. The minimum atomic E-state index is 0.684. The predicted molar refractivity (Wildman–Crippen MR) is 90.1 cm³/mol. The average Bonchev–Trinajstić information content (AvgIpc) is 2.44. The Balaban J connectivity index is 1.94. The highest BCUT2D eigenvalue weighted by atomic mass is 79.9. The average molecular weight is 339 g/mol. The highest BCUT2D eigenvalue weighted by Crippen LogP contribution is 2.19. The van der Waals surface area contributed by atoms with Crippen LogP contribution < -0.4 is 5.32 Å². The number of hydrogen-bond acceptors (Lipinski definition) is 2. The Morgan fingerprint density at radius 3 is 2.85 bits per heavy atom. The van der Waals surface area contributed by atoms with Crippen molar-refractivity contribution in [2.24, 2.45) is 0 Å². The maximum Gasteiger partial charge on any atom is 0.0234 e. The van der Waals surface area contributed by atoms with E-state index >= 15 is 0 Å². The van der Waals surface area contributed by atoms with Crippen LogP contribution in [0.25, 0.3) is 0 Å². The molecule has 1 aromatic rings. The van der Waals surface area contributed by atoms with Crippen molar-refractivity contribution in [1.29, 1.82) is 0 Å². The highest BCUT2D eigenvalue weighted by molar-refractivity contribution is 9.10. The number of aryl methyl sites for hydroxylation is 1. The lowest BCUT2D eigenvalue weighted by Crippen LogP contribution is -2.43. The van der Waals surface area contributed by atoms with Gasteiger partial charge >= 0.3 is 0 Å². The molecule has 2 rings (SSSR count). The van der Waals surface area contributed by atoms with Crippen LogP contribution in [-0.4, -0.2) is 30.6 Å². The van der Waals surface area contributed by atoms with E-state index in [1.54, 1.807) is 0 Å². The van der Waals surface area contributed by atoms with E-state index in [1.165, 1.54) is 60.9 Å². The van der Waals surface area contributed by atoms with Crippen molar-refractivity contribution in [2.45, 2.75) is 52.1 Å². The molecule has 0 aromatic heterocycles. The lowest BCUT2D eigenvalue weighted by molar-refractivity contribution is 0.217. The number of nitrogens with zero attached hydrogens (tertiary/aromatic N) is 1. The van der Waals surface area contributed by atoms with Crippen LogP contribution in [0.15, 0.2) is 22.7 Å². The van der Waals surface area contributed by atoms with Crippen molar-refractivity contribution in [1.82, 2.24) is 10.2 Å². The fourth-order valence-electron chi connectivity index (χ4n) is 2.94. The first-order valence-electron chi connectivity index (χ1n) is 7.90. The first-order valence-corrected chi connectivity index (χ1v) is 8.69. The molecule has 0 aliphatic carbocycles. The number of piperidine rings is 1. The van der Waals surface area contributed by atoms with Crippen LogP contribution in [0.3, 0.4) is 0 Å². The van der Waals surface area contributed by atoms with Gasteiger partial charge in [0.15, 0.2) is 0 Å². The van der Waals surface area contributed by atoms with Gasteiger partial charge in [-0.05, 0) is 56.5 Å². The summed E-state index contributed by atoms with van der Waals surface area (Å²) in [5.41, 5.74) is 2.72. The van der Waals surface area contributed by atoms with Gasteiger partial charge in [-0.25, -0.2) is 0 Å². The Kier molecular flexibility index (Phi) is 6.53. The number of hydrogen-bond donors (Lipinski definition) is 1. The predicted octanol–water partition coefficient (Wildman–Crippen LogP) is 4.11. The van der Waals surface area contributed by atoms with Crippen molar-refractivity contribution >= 4 is 15.9 Å². The van der Waals surface area contributed by atoms with E-state index in [0.717, 1.165) is 6.54 Å². The van der Waals surface area contributed by atoms with Crippen LogP contribution in [-0.2, 0) is 6.54 Å². The van der Waals surface area contributed by atoms with Gasteiger partial charge in [-0.1, -0.05) is 41.4 Å². The molecule has 1 aromatic carbocycles. The van der Waals surface area contributed by atoms with Crippen molar-refractivity contribution in [3.05, 3.63) is 33.8 Å². The molecule has 2 nitrogen and oxygen atoms in total. The van der Waals surface area contributed by atoms with Crippen molar-refractivity contribution in [2.75, 3.05) is 19.6 Å². The summed E-state index contributed by atoms with van der Waals surface area (Å²) < 4.78 is 1.22. The standard InChI is InChI=1S/C17H27BrN2/c1-3-10-20(13-16-6-4-5-9-19-16)12-15-8-7-14(2)17(18)11-15/h7-8,11,16,19H,3-6,9-10,12-13H2,1-2H3. The molecule has 112 valence electrons. The summed E-state index contributed by atoms with van der Waals surface area (Å²) in [6, 6.07) is 7.43. The SMILES string of the molecule is CCCN(Cc1ccc(C)c(Br)c1)CC1CCCCN1. The van der Waals surface area contributed by atoms with E-state index in [1.807, 2.05) is 0 Å². The first-order chi connectivity index (χ1) is 9.69. The van der Waals surface area contributed by atoms with Crippen LogP contribution in [0.5, 0.6) is 0 Å². The van der Waals surface area contributed by atoms with E-state index < -0.39 is 0 Å². The van der Waals surface area contributed by atoms with E-state index in [9.17, 15) is 0 Å². The minimum Gasteiger partial charge on any atom is -0.313 e. The third kappa shape index (κ3) is 4.87. The Bertz CT molecular complexity index is 413. The smallest absolute Gasteiger partial charge is 0.0234 e. The second kappa shape index (κ2) is 8.16. The van der Waals surface area contributed by atoms with Gasteiger partial charge in [-0.2, -0.15) is 0 Å². The number of nitrogens with one attached hydrogen (secondary N) is 1. The van der Waals surface area contributed by atoms with Gasteiger partial charge in [-0.3, -0.25) is 4.90 Å². The highest BCUT2D eigenvalue weighted by Gasteiger charge is 2.16. The summed E-state index contributed by atoms with van der Waals surface area (Å²) in [4.78, 5) is 2.60. The van der Waals surface area contributed by atoms with Crippen LogP contribution in [0.1, 0.15) is 43.7 Å². The molecule has 1 fully saturated rings. The minimum absolute atomic E-state index is 0.684. The fourth-order valence-corrected chi connectivity index (χ4v) is 3.36. The van der Waals surface area contributed by atoms with E-state index in [-0.39, 0.29) is 0 Å². The van der Waals surface area contributed by atoms with Crippen molar-refractivity contribution in [3.63, 3.8) is 0 Å². The zero-order chi connectivity index (χ0) is 14.4. The van der Waals surface area contributed by atoms with Crippen molar-refractivity contribution in [3.8, 4) is 0 Å². The van der Waals surface area contributed by atoms with Crippen LogP contribution in [0.4, 0.5) is 0 Å². The zero-order valence-corrected chi connectivity index (χ0v) is 14.4. The van der Waals surface area contributed by atoms with Gasteiger partial charge in [-0.15, -0.1) is 0 Å². The molecule has 0 spiro atoms. The van der Waals surface area contributed by atoms with Crippen LogP contribution >= 0.6 is 15.9 Å². The van der Waals surface area contributed by atoms with Gasteiger partial charge < -0.3 is 5.32 Å². The quantitative estimate of drug-likeness (QED) is 0.839. The molecule has 1 aliphatic rings. The van der Waals surface area contributed by atoms with Crippen LogP contribution in [0.2, 0.25) is 0 Å². The lowest BCUT2D eigenvalue weighted by Gasteiger charge is -2.30. The van der Waals surface area contributed by atoms with Gasteiger partial charge in [0.2, 0.25) is 0 Å². The molecule has 3 heteroatoms. The largest absolute Gasteiger partial charge is 0.313 e. The Morgan fingerprint density at radius 2 is 2.20 bits per heavy atom. The number of benzene rings is 1. The van der Waals surface area contributed by atoms with Gasteiger partial charge in [0.25, 0.3) is 0 Å². The molecule has 1 N–H and O–H groups in total. The maximum absolute atomic E-state index is 3.66. The summed E-state index contributed by atoms with van der Waals surface area (Å²) in [5.74, 6) is 0. The molecule has 1 heterocycles. The summed E-state index contributed by atoms with van der Waals surface area (Å²) in [6.07, 6.45) is 5.28. The van der Waals surface area contributed by atoms with Gasteiger partial charge in [0, 0.05) is 23.6 Å². The molecule has 1 unspecified atom stereocenters. The summed E-state index contributed by atoms with van der Waals surface area (Å²) in [7, 11) is 0. The fraction of sp³-hybridized carbons (Fsp3) is 0.647. The van der Waals surface area contributed by atoms with E-state index in [0.29, 0.717) is 6.04 Å². The normalized spacial score (nSPS) is 19.5. The first kappa shape index (κ1) is 16.0. The maximum atomic E-state index is 3.66. The zero-order valence-electron chi connectivity index (χ0n) is 12.8. The molecule has 0 radical (unpaired) electrons. The van der Waals surface area contributed by atoms with Crippen LogP contribution in [0, 0.1) is 6.92 Å². The molecule has 0 amide bonds. The Labute approximate surface area is 132 Å². The molecular formula is C17H27BrN2. The van der Waals surface area contributed by atoms with E-state index in [2.05, 4.69) is 58.2 Å². The Morgan fingerprint density at radius 1 is 1.35 bits per heavy atom. The molecule has 0 bridgehead atoms. The molecule has 1 aliphatic heterocycles. The topological polar surface area (TPSA) is 15.3 Å². The van der Waals surface area contributed by atoms with Gasteiger partial charge in [0.05, 0.1) is 0 Å². The number of rotatable bonds is 6. The number of halogens is 1. The molecular weight excluding hydrogens is 312 g/mol. The van der Waals surface area contributed by atoms with Gasteiger partial charge in [0.1, 0.15) is 0 Å². The third-order valence-electron chi connectivity index (χ3n) is 4.07. The summed E-state index contributed by atoms with van der Waals surface area (Å²) in [6.45, 7) is 9.03. The Hall–Kier alpha value is -0.380. The molecule has 1 saturated heterocycles. The second-order valence-electron chi connectivity index (χ2n) is 5.97. The van der Waals surface area contributed by atoms with Crippen molar-refractivity contribution < 1.29 is 0 Å². The second-order valence-corrected chi connectivity index (χ2v) is 6.82. The summed E-state index contributed by atoms with van der Waals surface area (Å²) in [5, 5.41) is 3.66. The monoisotopic (exact) mass is 338 g/mol. The lowest BCUT2D eigenvalue weighted by atomic mass is 10.0. The summed E-state index contributed by atoms with van der Waals surface area (Å²) >= 11 is 3.64.